The predicted octanol–water partition coefficient (Wildman–Crippen LogP) is 0.307. The fourth-order valence-electron chi connectivity index (χ4n) is 1.50. The van der Waals surface area contributed by atoms with Crippen molar-refractivity contribution in [2.45, 2.75) is 6.54 Å². The van der Waals surface area contributed by atoms with Crippen molar-refractivity contribution >= 4 is 16.7 Å². The van der Waals surface area contributed by atoms with Crippen molar-refractivity contribution in [3.05, 3.63) is 17.9 Å². The van der Waals surface area contributed by atoms with Crippen LogP contribution in [0.2, 0.25) is 0 Å². The highest BCUT2D eigenvalue weighted by Gasteiger charge is 2.17. The third kappa shape index (κ3) is 1.99. The summed E-state index contributed by atoms with van der Waals surface area (Å²) in [6.45, 7) is 2.05. The number of rotatable bonds is 2. The van der Waals surface area contributed by atoms with Gasteiger partial charge in [0.2, 0.25) is 0 Å². The lowest BCUT2D eigenvalue weighted by molar-refractivity contribution is 0.501. The van der Waals surface area contributed by atoms with Crippen molar-refractivity contribution in [3.63, 3.8) is 0 Å². The van der Waals surface area contributed by atoms with E-state index in [0.29, 0.717) is 6.54 Å². The van der Waals surface area contributed by atoms with Crippen molar-refractivity contribution in [2.24, 2.45) is 5.73 Å². The lowest BCUT2D eigenvalue weighted by atomic mass is 10.4. The van der Waals surface area contributed by atoms with Crippen LogP contribution in [0.1, 0.15) is 5.76 Å². The molecule has 78 valence electrons. The van der Waals surface area contributed by atoms with E-state index in [-0.39, 0.29) is 0 Å². The Hall–Kier alpha value is -0.810. The van der Waals surface area contributed by atoms with Gasteiger partial charge < -0.3 is 15.1 Å². The van der Waals surface area contributed by atoms with Crippen molar-refractivity contribution in [1.29, 1.82) is 0 Å². The van der Waals surface area contributed by atoms with Gasteiger partial charge in [0.15, 0.2) is 5.88 Å². The molecule has 0 atom stereocenters. The van der Waals surface area contributed by atoms with Crippen LogP contribution in [-0.4, -0.2) is 28.8 Å². The zero-order valence-electron chi connectivity index (χ0n) is 7.94. The van der Waals surface area contributed by atoms with Crippen molar-refractivity contribution in [2.75, 3.05) is 29.5 Å². The Bertz CT molecular complexity index is 327. The predicted molar refractivity (Wildman–Crippen MR) is 56.7 cm³/mol. The molecule has 0 spiro atoms. The van der Waals surface area contributed by atoms with Gasteiger partial charge in [-0.15, -0.1) is 0 Å². The summed E-state index contributed by atoms with van der Waals surface area (Å²) in [6.07, 6.45) is 0. The summed E-state index contributed by atoms with van der Waals surface area (Å²) in [4.78, 5) is 2.11. The number of anilines is 1. The van der Waals surface area contributed by atoms with Crippen LogP contribution < -0.4 is 10.6 Å². The molecule has 2 heterocycles. The van der Waals surface area contributed by atoms with Crippen LogP contribution in [0.15, 0.2) is 16.5 Å². The maximum absolute atomic E-state index is 11.1. The fraction of sp³-hybridized carbons (Fsp3) is 0.556. The van der Waals surface area contributed by atoms with Crippen LogP contribution in [0.25, 0.3) is 0 Å². The van der Waals surface area contributed by atoms with E-state index in [1.165, 1.54) is 0 Å². The molecule has 0 unspecified atom stereocenters. The van der Waals surface area contributed by atoms with E-state index in [1.807, 2.05) is 12.1 Å². The summed E-state index contributed by atoms with van der Waals surface area (Å²) in [5.74, 6) is 3.12. The molecule has 4 nitrogen and oxygen atoms in total. The molecule has 1 aromatic rings. The van der Waals surface area contributed by atoms with Gasteiger partial charge in [0.25, 0.3) is 0 Å². The molecule has 0 amide bonds. The molecule has 2 N–H and O–H groups in total. The first kappa shape index (κ1) is 9.73. The second-order valence-electron chi connectivity index (χ2n) is 3.28. The molecular formula is C9H14N2O2S. The molecule has 0 aromatic carbocycles. The highest BCUT2D eigenvalue weighted by atomic mass is 32.2. The standard InChI is InChI=1S/C9H14N2O2S/c10-7-8-1-2-9(13-8)11-3-5-14(12)6-4-11/h1-2H,3-7,10H2. The first-order chi connectivity index (χ1) is 6.79. The molecule has 1 fully saturated rings. The van der Waals surface area contributed by atoms with E-state index in [2.05, 4.69) is 4.90 Å². The highest BCUT2D eigenvalue weighted by Crippen LogP contribution is 2.19. The van der Waals surface area contributed by atoms with Crippen LogP contribution >= 0.6 is 0 Å². The SMILES string of the molecule is NCc1ccc(N2CCS(=O)CC2)o1. The van der Waals surface area contributed by atoms with Crippen LogP contribution in [0.3, 0.4) is 0 Å². The van der Waals surface area contributed by atoms with E-state index in [4.69, 9.17) is 10.2 Å². The maximum Gasteiger partial charge on any atom is 0.195 e. The largest absolute Gasteiger partial charge is 0.444 e. The van der Waals surface area contributed by atoms with Gasteiger partial charge in [-0.3, -0.25) is 4.21 Å². The van der Waals surface area contributed by atoms with E-state index < -0.39 is 10.8 Å². The summed E-state index contributed by atoms with van der Waals surface area (Å²) in [5.41, 5.74) is 5.45. The second kappa shape index (κ2) is 4.14. The number of hydrogen-bond donors (Lipinski definition) is 1. The van der Waals surface area contributed by atoms with Gasteiger partial charge in [-0.25, -0.2) is 0 Å². The van der Waals surface area contributed by atoms with Gasteiger partial charge in [-0.1, -0.05) is 0 Å². The molecule has 1 saturated heterocycles. The van der Waals surface area contributed by atoms with E-state index in [1.54, 1.807) is 0 Å². The molecule has 0 radical (unpaired) electrons. The van der Waals surface area contributed by atoms with Gasteiger partial charge in [0.05, 0.1) is 6.54 Å². The average molecular weight is 214 g/mol. The molecule has 14 heavy (non-hydrogen) atoms. The Morgan fingerprint density at radius 1 is 1.43 bits per heavy atom. The molecule has 1 aliphatic heterocycles. The number of nitrogens with zero attached hydrogens (tertiary/aromatic N) is 1. The quantitative estimate of drug-likeness (QED) is 0.769. The van der Waals surface area contributed by atoms with Crippen LogP contribution in [0, 0.1) is 0 Å². The zero-order valence-corrected chi connectivity index (χ0v) is 8.76. The average Bonchev–Trinajstić information content (AvgIpc) is 2.67. The van der Waals surface area contributed by atoms with Crippen molar-refractivity contribution in [3.8, 4) is 0 Å². The number of furan rings is 1. The summed E-state index contributed by atoms with van der Waals surface area (Å²) < 4.78 is 16.6. The van der Waals surface area contributed by atoms with Gasteiger partial charge in [-0.2, -0.15) is 0 Å². The highest BCUT2D eigenvalue weighted by molar-refractivity contribution is 7.85. The van der Waals surface area contributed by atoms with Crippen LogP contribution in [-0.2, 0) is 17.3 Å². The van der Waals surface area contributed by atoms with Crippen molar-refractivity contribution < 1.29 is 8.63 Å². The monoisotopic (exact) mass is 214 g/mol. The molecule has 1 aliphatic rings. The zero-order chi connectivity index (χ0) is 9.97. The summed E-state index contributed by atoms with van der Waals surface area (Å²) in [7, 11) is -0.638. The Labute approximate surface area is 85.5 Å². The molecule has 2 rings (SSSR count). The van der Waals surface area contributed by atoms with E-state index in [9.17, 15) is 4.21 Å². The smallest absolute Gasteiger partial charge is 0.195 e. The first-order valence-corrected chi connectivity index (χ1v) is 6.17. The van der Waals surface area contributed by atoms with Gasteiger partial charge in [-0.05, 0) is 6.07 Å². The van der Waals surface area contributed by atoms with E-state index >= 15 is 0 Å². The molecule has 5 heteroatoms. The molecule has 0 aliphatic carbocycles. The summed E-state index contributed by atoms with van der Waals surface area (Å²) in [5, 5.41) is 0. The Kier molecular flexibility index (Phi) is 2.88. The van der Waals surface area contributed by atoms with Gasteiger partial charge in [0.1, 0.15) is 5.76 Å². The van der Waals surface area contributed by atoms with Crippen LogP contribution in [0.5, 0.6) is 0 Å². The first-order valence-electron chi connectivity index (χ1n) is 4.68. The minimum Gasteiger partial charge on any atom is -0.444 e. The number of nitrogens with two attached hydrogens (primary N) is 1. The molecule has 1 aromatic heterocycles. The third-order valence-electron chi connectivity index (χ3n) is 2.34. The lowest BCUT2D eigenvalue weighted by Crippen LogP contribution is -2.37. The third-order valence-corrected chi connectivity index (χ3v) is 3.61. The Morgan fingerprint density at radius 3 is 2.71 bits per heavy atom. The van der Waals surface area contributed by atoms with E-state index in [0.717, 1.165) is 36.2 Å². The fourth-order valence-corrected chi connectivity index (χ4v) is 2.56. The molecular weight excluding hydrogens is 200 g/mol. The lowest BCUT2D eigenvalue weighted by Gasteiger charge is -2.25. The minimum atomic E-state index is -0.638. The summed E-state index contributed by atoms with van der Waals surface area (Å²) in [6, 6.07) is 3.82. The number of hydrogen-bond acceptors (Lipinski definition) is 4. The van der Waals surface area contributed by atoms with Crippen molar-refractivity contribution in [1.82, 2.24) is 0 Å². The van der Waals surface area contributed by atoms with Gasteiger partial charge >= 0.3 is 0 Å². The normalized spacial score (nSPS) is 18.8. The van der Waals surface area contributed by atoms with Crippen LogP contribution in [0.4, 0.5) is 5.88 Å². The summed E-state index contributed by atoms with van der Waals surface area (Å²) >= 11 is 0. The second-order valence-corrected chi connectivity index (χ2v) is 4.98. The Balaban J connectivity index is 2.04. The molecule has 0 saturated carbocycles. The molecule has 0 bridgehead atoms. The van der Waals surface area contributed by atoms with Gasteiger partial charge in [0, 0.05) is 41.5 Å². The topological polar surface area (TPSA) is 59.5 Å². The Morgan fingerprint density at radius 2 is 2.14 bits per heavy atom. The maximum atomic E-state index is 11.1. The minimum absolute atomic E-state index is 0.430.